The van der Waals surface area contributed by atoms with Crippen LogP contribution in [0.15, 0.2) is 0 Å². The Labute approximate surface area is 110 Å². The van der Waals surface area contributed by atoms with Crippen LogP contribution in [0, 0.1) is 0 Å². The Hall–Kier alpha value is -1.10. The molecule has 0 aromatic rings. The van der Waals surface area contributed by atoms with Gasteiger partial charge in [0, 0.05) is 13.0 Å². The van der Waals surface area contributed by atoms with Gasteiger partial charge in [0.1, 0.15) is 5.78 Å². The zero-order valence-electron chi connectivity index (χ0n) is 11.8. The molecular formula is C13H26N2O3. The first-order valence-electron chi connectivity index (χ1n) is 6.76. The third-order valence-electron chi connectivity index (χ3n) is 2.71. The summed E-state index contributed by atoms with van der Waals surface area (Å²) in [7, 11) is 1.80. The minimum absolute atomic E-state index is 0.0537. The average molecular weight is 258 g/mol. The molecule has 18 heavy (non-hydrogen) atoms. The number of amides is 1. The number of rotatable bonds is 10. The van der Waals surface area contributed by atoms with Gasteiger partial charge in [-0.1, -0.05) is 13.8 Å². The van der Waals surface area contributed by atoms with Gasteiger partial charge in [0.25, 0.3) is 0 Å². The summed E-state index contributed by atoms with van der Waals surface area (Å²) < 4.78 is 4.88. The maximum absolute atomic E-state index is 11.5. The van der Waals surface area contributed by atoms with Crippen LogP contribution in [-0.4, -0.2) is 38.1 Å². The van der Waals surface area contributed by atoms with Gasteiger partial charge in [-0.25, -0.2) is 4.79 Å². The van der Waals surface area contributed by atoms with E-state index in [2.05, 4.69) is 10.6 Å². The van der Waals surface area contributed by atoms with Gasteiger partial charge in [-0.2, -0.15) is 0 Å². The second-order valence-electron chi connectivity index (χ2n) is 4.22. The first-order valence-corrected chi connectivity index (χ1v) is 6.76. The Morgan fingerprint density at radius 2 is 1.94 bits per heavy atom. The predicted molar refractivity (Wildman–Crippen MR) is 71.6 cm³/mol. The van der Waals surface area contributed by atoms with Crippen molar-refractivity contribution in [2.24, 2.45) is 0 Å². The smallest absolute Gasteiger partial charge is 0.407 e. The number of nitrogens with one attached hydrogen (secondary N) is 2. The molecule has 2 N–H and O–H groups in total. The van der Waals surface area contributed by atoms with Crippen LogP contribution in [0.3, 0.4) is 0 Å². The monoisotopic (exact) mass is 258 g/mol. The molecular weight excluding hydrogens is 232 g/mol. The maximum atomic E-state index is 11.5. The van der Waals surface area contributed by atoms with Gasteiger partial charge < -0.3 is 15.4 Å². The third kappa shape index (κ3) is 8.06. The van der Waals surface area contributed by atoms with Crippen molar-refractivity contribution in [3.05, 3.63) is 0 Å². The van der Waals surface area contributed by atoms with E-state index >= 15 is 0 Å². The van der Waals surface area contributed by atoms with Crippen molar-refractivity contribution in [2.45, 2.75) is 52.0 Å². The number of hydrogen-bond donors (Lipinski definition) is 2. The number of ketones is 1. The van der Waals surface area contributed by atoms with Gasteiger partial charge in [-0.05, 0) is 32.7 Å². The summed E-state index contributed by atoms with van der Waals surface area (Å²) in [6, 6.07) is -0.0537. The Balaban J connectivity index is 3.54. The van der Waals surface area contributed by atoms with E-state index in [1.807, 2.05) is 13.8 Å². The second-order valence-corrected chi connectivity index (χ2v) is 4.22. The number of carbonyl (C=O) groups excluding carboxylic acids is 2. The van der Waals surface area contributed by atoms with Crippen LogP contribution in [0.25, 0.3) is 0 Å². The molecule has 0 radical (unpaired) electrons. The first-order chi connectivity index (χ1) is 8.65. The molecule has 1 amide bonds. The second kappa shape index (κ2) is 11.0. The molecule has 0 aromatic heterocycles. The van der Waals surface area contributed by atoms with Crippen molar-refractivity contribution in [1.82, 2.24) is 10.6 Å². The van der Waals surface area contributed by atoms with Crippen LogP contribution in [0.4, 0.5) is 4.79 Å². The van der Waals surface area contributed by atoms with Crippen LogP contribution in [0.2, 0.25) is 0 Å². The van der Waals surface area contributed by atoms with Gasteiger partial charge >= 0.3 is 6.09 Å². The fraction of sp³-hybridized carbons (Fsp3) is 0.846. The standard InChI is InChI=1S/C13H26N2O3/c1-4-10-18-13(17)15-9-7-6-8-11(14-3)12(16)5-2/h11,14H,4-10H2,1-3H3,(H,15,17). The minimum Gasteiger partial charge on any atom is -0.450 e. The summed E-state index contributed by atoms with van der Waals surface area (Å²) >= 11 is 0. The molecule has 106 valence electrons. The van der Waals surface area contributed by atoms with Crippen LogP contribution >= 0.6 is 0 Å². The van der Waals surface area contributed by atoms with Crippen LogP contribution in [0.5, 0.6) is 0 Å². The first kappa shape index (κ1) is 16.9. The summed E-state index contributed by atoms with van der Waals surface area (Å²) in [5, 5.41) is 5.70. The molecule has 0 aliphatic heterocycles. The Bertz CT molecular complexity index is 244. The molecule has 1 atom stereocenters. The van der Waals surface area contributed by atoms with E-state index in [0.29, 0.717) is 19.6 Å². The lowest BCUT2D eigenvalue weighted by atomic mass is 10.0. The number of likely N-dealkylation sites (N-methyl/N-ethyl adjacent to an activating group) is 1. The van der Waals surface area contributed by atoms with Crippen molar-refractivity contribution in [3.8, 4) is 0 Å². The van der Waals surface area contributed by atoms with E-state index in [0.717, 1.165) is 25.7 Å². The largest absolute Gasteiger partial charge is 0.450 e. The number of Topliss-reactive ketones (excluding diaryl/α,β-unsaturated/α-hetero) is 1. The van der Waals surface area contributed by atoms with E-state index in [4.69, 9.17) is 4.74 Å². The maximum Gasteiger partial charge on any atom is 0.407 e. The summed E-state index contributed by atoms with van der Waals surface area (Å²) in [4.78, 5) is 22.6. The van der Waals surface area contributed by atoms with Crippen molar-refractivity contribution in [2.75, 3.05) is 20.2 Å². The molecule has 0 aliphatic carbocycles. The van der Waals surface area contributed by atoms with Gasteiger partial charge in [0.15, 0.2) is 0 Å². The predicted octanol–water partition coefficient (Wildman–Crippen LogP) is 1.86. The highest BCUT2D eigenvalue weighted by atomic mass is 16.5. The topological polar surface area (TPSA) is 67.4 Å². The molecule has 0 heterocycles. The van der Waals surface area contributed by atoms with Crippen LogP contribution in [0.1, 0.15) is 46.0 Å². The molecule has 0 aliphatic rings. The van der Waals surface area contributed by atoms with E-state index in [-0.39, 0.29) is 17.9 Å². The summed E-state index contributed by atoms with van der Waals surface area (Å²) in [6.07, 6.45) is 3.62. The average Bonchev–Trinajstić information content (AvgIpc) is 2.39. The quantitative estimate of drug-likeness (QED) is 0.587. The van der Waals surface area contributed by atoms with Crippen LogP contribution in [-0.2, 0) is 9.53 Å². The number of ether oxygens (including phenoxy) is 1. The number of hydrogen-bond acceptors (Lipinski definition) is 4. The number of alkyl carbamates (subject to hydrolysis) is 1. The van der Waals surface area contributed by atoms with Crippen molar-refractivity contribution in [1.29, 1.82) is 0 Å². The highest BCUT2D eigenvalue weighted by Gasteiger charge is 2.13. The molecule has 0 rings (SSSR count). The molecule has 0 bridgehead atoms. The van der Waals surface area contributed by atoms with Crippen molar-refractivity contribution < 1.29 is 14.3 Å². The lowest BCUT2D eigenvalue weighted by Gasteiger charge is -2.13. The van der Waals surface area contributed by atoms with Crippen molar-refractivity contribution >= 4 is 11.9 Å². The fourth-order valence-electron chi connectivity index (χ4n) is 1.62. The van der Waals surface area contributed by atoms with Crippen LogP contribution < -0.4 is 10.6 Å². The number of unbranched alkanes of at least 4 members (excludes halogenated alkanes) is 1. The van der Waals surface area contributed by atoms with E-state index in [1.54, 1.807) is 7.05 Å². The highest BCUT2D eigenvalue weighted by molar-refractivity contribution is 5.83. The minimum atomic E-state index is -0.355. The van der Waals surface area contributed by atoms with E-state index in [9.17, 15) is 9.59 Å². The Morgan fingerprint density at radius 1 is 1.22 bits per heavy atom. The zero-order chi connectivity index (χ0) is 13.8. The van der Waals surface area contributed by atoms with E-state index in [1.165, 1.54) is 0 Å². The fourth-order valence-corrected chi connectivity index (χ4v) is 1.62. The normalized spacial score (nSPS) is 11.9. The SMILES string of the molecule is CCCOC(=O)NCCCCC(NC)C(=O)CC. The molecule has 5 nitrogen and oxygen atoms in total. The highest BCUT2D eigenvalue weighted by Crippen LogP contribution is 2.03. The summed E-state index contributed by atoms with van der Waals surface area (Å²) in [5.41, 5.74) is 0. The molecule has 0 saturated heterocycles. The molecule has 1 unspecified atom stereocenters. The number of carbonyl (C=O) groups is 2. The van der Waals surface area contributed by atoms with Gasteiger partial charge in [0.2, 0.25) is 0 Å². The molecule has 5 heteroatoms. The van der Waals surface area contributed by atoms with Gasteiger partial charge in [0.05, 0.1) is 12.6 Å². The van der Waals surface area contributed by atoms with E-state index < -0.39 is 0 Å². The lowest BCUT2D eigenvalue weighted by Crippen LogP contribution is -2.33. The molecule has 0 saturated carbocycles. The lowest BCUT2D eigenvalue weighted by molar-refractivity contribution is -0.120. The Kier molecular flexibility index (Phi) is 10.3. The Morgan fingerprint density at radius 3 is 2.50 bits per heavy atom. The van der Waals surface area contributed by atoms with Gasteiger partial charge in [-0.15, -0.1) is 0 Å². The summed E-state index contributed by atoms with van der Waals surface area (Å²) in [6.45, 7) is 4.88. The summed E-state index contributed by atoms with van der Waals surface area (Å²) in [5.74, 6) is 0.243. The molecule has 0 aromatic carbocycles. The third-order valence-corrected chi connectivity index (χ3v) is 2.71. The van der Waals surface area contributed by atoms with Crippen molar-refractivity contribution in [3.63, 3.8) is 0 Å². The zero-order valence-corrected chi connectivity index (χ0v) is 11.8. The molecule has 0 spiro atoms. The van der Waals surface area contributed by atoms with Gasteiger partial charge in [-0.3, -0.25) is 4.79 Å². The molecule has 0 fully saturated rings.